The number of guanidine groups is 1. The topological polar surface area (TPSA) is 294 Å². The van der Waals surface area contributed by atoms with E-state index in [1.165, 1.54) is 0 Å². The molecule has 13 N–H and O–H groups in total. The van der Waals surface area contributed by atoms with E-state index in [1.54, 1.807) is 0 Å². The van der Waals surface area contributed by atoms with E-state index in [0.29, 0.717) is 6.42 Å². The number of aromatic nitrogens is 2. The Hall–Kier alpha value is -3.95. The zero-order valence-electron chi connectivity index (χ0n) is 17.9. The Balaban J connectivity index is 2.83. The third kappa shape index (κ3) is 10.8. The molecule has 16 nitrogen and oxygen atoms in total. The highest BCUT2D eigenvalue weighted by Crippen LogP contribution is 2.20. The van der Waals surface area contributed by atoms with Gasteiger partial charge in [0.1, 0.15) is 12.1 Å². The van der Waals surface area contributed by atoms with E-state index < -0.39 is 41.9 Å². The lowest BCUT2D eigenvalue weighted by molar-refractivity contribution is -0.139. The zero-order valence-corrected chi connectivity index (χ0v) is 17.9. The minimum atomic E-state index is -1.26. The molecule has 0 saturated carbocycles. The van der Waals surface area contributed by atoms with Gasteiger partial charge in [0, 0.05) is 19.4 Å². The fourth-order valence-corrected chi connectivity index (χ4v) is 2.63. The van der Waals surface area contributed by atoms with Crippen LogP contribution in [0.15, 0.2) is 9.52 Å². The third-order valence-electron chi connectivity index (χ3n) is 4.32. The van der Waals surface area contributed by atoms with Crippen molar-refractivity contribution in [1.82, 2.24) is 20.8 Å². The number of hydrogen-bond acceptors (Lipinski definition) is 9. The van der Waals surface area contributed by atoms with E-state index in [-0.39, 0.29) is 56.3 Å². The molecule has 1 rings (SSSR count). The van der Waals surface area contributed by atoms with E-state index in [0.717, 1.165) is 0 Å². The van der Waals surface area contributed by atoms with Gasteiger partial charge in [-0.05, 0) is 25.7 Å². The predicted octanol–water partition coefficient (Wildman–Crippen LogP) is -2.55. The van der Waals surface area contributed by atoms with E-state index in [1.807, 2.05) is 0 Å². The maximum absolute atomic E-state index is 12.4. The van der Waals surface area contributed by atoms with Gasteiger partial charge in [-0.3, -0.25) is 14.6 Å². The second-order valence-corrected chi connectivity index (χ2v) is 7.12. The van der Waals surface area contributed by atoms with Crippen LogP contribution in [0.5, 0.6) is 0 Å². The van der Waals surface area contributed by atoms with E-state index in [4.69, 9.17) is 33.2 Å². The van der Waals surface area contributed by atoms with Crippen molar-refractivity contribution in [3.05, 3.63) is 11.7 Å². The van der Waals surface area contributed by atoms with Crippen molar-refractivity contribution in [2.45, 2.75) is 56.7 Å². The Morgan fingerprint density at radius 2 is 1.64 bits per heavy atom. The first-order valence-electron chi connectivity index (χ1n) is 10.0. The summed E-state index contributed by atoms with van der Waals surface area (Å²) in [4.78, 5) is 53.8. The summed E-state index contributed by atoms with van der Waals surface area (Å²) in [6, 6.07) is -3.78. The average molecular weight is 470 g/mol. The largest absolute Gasteiger partial charge is 0.480 e. The molecule has 184 valence electrons. The Labute approximate surface area is 188 Å². The summed E-state index contributed by atoms with van der Waals surface area (Å²) < 4.78 is 5.14. The molecule has 33 heavy (non-hydrogen) atoms. The molecular weight excluding hydrogens is 440 g/mol. The molecule has 4 amide bonds. The van der Waals surface area contributed by atoms with Crippen LogP contribution in [0.2, 0.25) is 0 Å². The smallest absolute Gasteiger partial charge is 0.326 e. The lowest BCUT2D eigenvalue weighted by Gasteiger charge is -2.18. The Bertz CT molecular complexity index is 853. The summed E-state index contributed by atoms with van der Waals surface area (Å²) >= 11 is 0. The average Bonchev–Trinajstić information content (AvgIpc) is 3.21. The molecule has 0 aliphatic carbocycles. The molecule has 0 bridgehead atoms. The number of hydrogen-bond donors (Lipinski definition) is 8. The molecule has 0 spiro atoms. The van der Waals surface area contributed by atoms with Crippen LogP contribution < -0.4 is 39.3 Å². The molecular formula is C17H30N10O6. The second-order valence-electron chi connectivity index (χ2n) is 7.12. The SMILES string of the molecule is NC(=O)CC[C@H](NC(=O)N[C@@H](CCCN=C(N)N)C(=O)O)c1nc([C@@H](N)CCC(N)=O)no1. The number of primary amides is 2. The number of rotatable bonds is 15. The summed E-state index contributed by atoms with van der Waals surface area (Å²) in [5.74, 6) is -2.57. The highest BCUT2D eigenvalue weighted by Gasteiger charge is 2.26. The monoisotopic (exact) mass is 470 g/mol. The van der Waals surface area contributed by atoms with Gasteiger partial charge in [-0.15, -0.1) is 0 Å². The lowest BCUT2D eigenvalue weighted by Crippen LogP contribution is -2.47. The van der Waals surface area contributed by atoms with Crippen LogP contribution in [0.25, 0.3) is 0 Å². The number of urea groups is 1. The maximum atomic E-state index is 12.4. The van der Waals surface area contributed by atoms with Crippen LogP contribution in [0, 0.1) is 0 Å². The molecule has 0 saturated heterocycles. The number of amides is 4. The van der Waals surface area contributed by atoms with Gasteiger partial charge in [-0.1, -0.05) is 5.16 Å². The van der Waals surface area contributed by atoms with Crippen LogP contribution in [0.4, 0.5) is 4.79 Å². The summed E-state index contributed by atoms with van der Waals surface area (Å²) in [5, 5.41) is 17.9. The lowest BCUT2D eigenvalue weighted by atomic mass is 10.1. The van der Waals surface area contributed by atoms with Gasteiger partial charge in [-0.2, -0.15) is 4.98 Å². The Kier molecular flexibility index (Phi) is 11.0. The fraction of sp³-hybridized carbons (Fsp3) is 0.588. The van der Waals surface area contributed by atoms with Gasteiger partial charge in [0.15, 0.2) is 11.8 Å². The number of aliphatic imine (C=N–C) groups is 1. The van der Waals surface area contributed by atoms with E-state index in [2.05, 4.69) is 25.8 Å². The number of nitrogens with one attached hydrogen (secondary N) is 2. The standard InChI is InChI=1S/C17H30N10O6/c18-8(3-5-11(19)28)13-26-14(33-27-13)9(4-6-12(20)29)24-17(32)25-10(15(30)31)2-1-7-23-16(21)22/h8-10H,1-7,18H2,(H2,19,28)(H2,20,29)(H,30,31)(H4,21,22,23)(H2,24,25,32)/t8-,9-,10-/m0/s1. The summed E-state index contributed by atoms with van der Waals surface area (Å²) in [6.45, 7) is 0.192. The maximum Gasteiger partial charge on any atom is 0.326 e. The number of nitrogens with two attached hydrogens (primary N) is 5. The molecule has 1 aromatic heterocycles. The van der Waals surface area contributed by atoms with Crippen LogP contribution >= 0.6 is 0 Å². The van der Waals surface area contributed by atoms with Gasteiger partial charge >= 0.3 is 12.0 Å². The summed E-state index contributed by atoms with van der Waals surface area (Å²) in [6.07, 6.45) is 0.423. The molecule has 3 atom stereocenters. The van der Waals surface area contributed by atoms with Crippen LogP contribution in [0.3, 0.4) is 0 Å². The first-order chi connectivity index (χ1) is 15.5. The zero-order chi connectivity index (χ0) is 25.0. The number of nitrogens with zero attached hydrogens (tertiary/aromatic N) is 3. The second kappa shape index (κ2) is 13.5. The van der Waals surface area contributed by atoms with Crippen molar-refractivity contribution in [2.24, 2.45) is 33.7 Å². The first-order valence-corrected chi connectivity index (χ1v) is 10.0. The minimum absolute atomic E-state index is 0.00312. The Morgan fingerprint density at radius 1 is 1.00 bits per heavy atom. The molecule has 0 aromatic carbocycles. The van der Waals surface area contributed by atoms with Crippen molar-refractivity contribution in [1.29, 1.82) is 0 Å². The number of aliphatic carboxylic acids is 1. The van der Waals surface area contributed by atoms with Crippen LogP contribution in [-0.2, 0) is 14.4 Å². The molecule has 16 heteroatoms. The highest BCUT2D eigenvalue weighted by atomic mass is 16.5. The molecule has 0 fully saturated rings. The first kappa shape index (κ1) is 27.1. The van der Waals surface area contributed by atoms with Gasteiger partial charge in [0.05, 0.1) is 6.04 Å². The molecule has 1 aromatic rings. The van der Waals surface area contributed by atoms with Gasteiger partial charge in [0.2, 0.25) is 17.7 Å². The quantitative estimate of drug-likeness (QED) is 0.0749. The Morgan fingerprint density at radius 3 is 2.21 bits per heavy atom. The number of carbonyl (C=O) groups is 4. The van der Waals surface area contributed by atoms with E-state index in [9.17, 15) is 24.3 Å². The number of carboxylic acids is 1. The van der Waals surface area contributed by atoms with Crippen molar-refractivity contribution in [2.75, 3.05) is 6.54 Å². The van der Waals surface area contributed by atoms with Crippen molar-refractivity contribution < 1.29 is 28.8 Å². The van der Waals surface area contributed by atoms with Gasteiger partial charge < -0.3 is 48.9 Å². The molecule has 0 radical (unpaired) electrons. The van der Waals surface area contributed by atoms with E-state index >= 15 is 0 Å². The van der Waals surface area contributed by atoms with Crippen molar-refractivity contribution >= 4 is 29.8 Å². The van der Waals surface area contributed by atoms with Crippen molar-refractivity contribution in [3.63, 3.8) is 0 Å². The normalized spacial score (nSPS) is 13.4. The van der Waals surface area contributed by atoms with Crippen LogP contribution in [-0.4, -0.2) is 57.6 Å². The fourth-order valence-electron chi connectivity index (χ4n) is 2.63. The third-order valence-corrected chi connectivity index (χ3v) is 4.32. The molecule has 0 aliphatic rings. The molecule has 1 heterocycles. The highest BCUT2D eigenvalue weighted by molar-refractivity contribution is 5.82. The molecule has 0 aliphatic heterocycles. The summed E-state index contributed by atoms with van der Waals surface area (Å²) in [5.41, 5.74) is 26.6. The van der Waals surface area contributed by atoms with Crippen LogP contribution in [0.1, 0.15) is 62.3 Å². The number of carbonyl (C=O) groups excluding carboxylic acids is 3. The molecule has 0 unspecified atom stereocenters. The predicted molar refractivity (Wildman–Crippen MR) is 114 cm³/mol. The minimum Gasteiger partial charge on any atom is -0.480 e. The van der Waals surface area contributed by atoms with Crippen molar-refractivity contribution in [3.8, 4) is 0 Å². The van der Waals surface area contributed by atoms with Gasteiger partial charge in [-0.25, -0.2) is 9.59 Å². The summed E-state index contributed by atoms with van der Waals surface area (Å²) in [7, 11) is 0. The van der Waals surface area contributed by atoms with Gasteiger partial charge in [0.25, 0.3) is 0 Å². The number of carboxylic acid groups (broad SMARTS) is 1.